The number of carbonyl (C=O) groups is 2. The van der Waals surface area contributed by atoms with E-state index in [1.165, 1.54) is 0 Å². The van der Waals surface area contributed by atoms with Gasteiger partial charge in [-0.1, -0.05) is 45.0 Å². The molecule has 3 aromatic carbocycles. The molecule has 10 heteroatoms. The standard InChI is InChI=1S/C32H34N6O4/c1-20-25(6-5-7-26(20)34-28(39)21-8-12-23(13-9-21)32(2,3)4)27-35-30(37-31(41)36-27)33-24-14-10-22(11-15-24)29(40)38-16-18-42-19-17-38/h5-15H,16-19H2,1-4H3,(H,34,39)(H2,33,35,36,37,41). The molecule has 216 valence electrons. The molecule has 2 heterocycles. The van der Waals surface area contributed by atoms with Gasteiger partial charge < -0.3 is 20.3 Å². The van der Waals surface area contributed by atoms with E-state index in [0.29, 0.717) is 60.2 Å². The Morgan fingerprint density at radius 1 is 0.905 bits per heavy atom. The zero-order chi connectivity index (χ0) is 29.9. The Morgan fingerprint density at radius 3 is 2.24 bits per heavy atom. The van der Waals surface area contributed by atoms with Crippen molar-refractivity contribution in [1.29, 1.82) is 0 Å². The van der Waals surface area contributed by atoms with Crippen LogP contribution in [0.4, 0.5) is 17.3 Å². The molecule has 3 N–H and O–H groups in total. The summed E-state index contributed by atoms with van der Waals surface area (Å²) in [6.07, 6.45) is 0. The van der Waals surface area contributed by atoms with Gasteiger partial charge in [-0.2, -0.15) is 9.97 Å². The van der Waals surface area contributed by atoms with Crippen molar-refractivity contribution in [3.63, 3.8) is 0 Å². The van der Waals surface area contributed by atoms with E-state index in [-0.39, 0.29) is 23.2 Å². The van der Waals surface area contributed by atoms with E-state index in [9.17, 15) is 14.4 Å². The summed E-state index contributed by atoms with van der Waals surface area (Å²) in [5.41, 5.74) is 4.29. The number of amides is 2. The molecule has 0 atom stereocenters. The number of nitrogens with one attached hydrogen (secondary N) is 3. The second-order valence-electron chi connectivity index (χ2n) is 11.2. The lowest BCUT2D eigenvalue weighted by atomic mass is 9.86. The quantitative estimate of drug-likeness (QED) is 0.303. The number of hydrogen-bond acceptors (Lipinski definition) is 7. The average Bonchev–Trinajstić information content (AvgIpc) is 2.98. The molecular weight excluding hydrogens is 532 g/mol. The highest BCUT2D eigenvalue weighted by molar-refractivity contribution is 6.05. The molecule has 0 saturated carbocycles. The SMILES string of the molecule is Cc1c(NC(=O)c2ccc(C(C)(C)C)cc2)cccc1-c1nc(Nc2ccc(C(=O)N3CCOCC3)cc2)nc(=O)[nH]1. The first kappa shape index (κ1) is 28.7. The van der Waals surface area contributed by atoms with Crippen LogP contribution < -0.4 is 16.3 Å². The van der Waals surface area contributed by atoms with Crippen molar-refractivity contribution in [2.45, 2.75) is 33.1 Å². The third kappa shape index (κ3) is 6.55. The van der Waals surface area contributed by atoms with Crippen LogP contribution in [0.15, 0.2) is 71.5 Å². The summed E-state index contributed by atoms with van der Waals surface area (Å²) in [6, 6.07) is 19.9. The van der Waals surface area contributed by atoms with Crippen molar-refractivity contribution >= 4 is 29.1 Å². The van der Waals surface area contributed by atoms with Crippen LogP contribution >= 0.6 is 0 Å². The molecule has 0 spiro atoms. The number of hydrogen-bond donors (Lipinski definition) is 3. The highest BCUT2D eigenvalue weighted by atomic mass is 16.5. The number of aromatic amines is 1. The first-order chi connectivity index (χ1) is 20.1. The summed E-state index contributed by atoms with van der Waals surface area (Å²) in [7, 11) is 0. The first-order valence-corrected chi connectivity index (χ1v) is 13.8. The van der Waals surface area contributed by atoms with Gasteiger partial charge in [0.15, 0.2) is 0 Å². The number of aromatic nitrogens is 3. The molecule has 5 rings (SSSR count). The van der Waals surface area contributed by atoms with Gasteiger partial charge in [-0.15, -0.1) is 0 Å². The van der Waals surface area contributed by atoms with Crippen molar-refractivity contribution in [2.75, 3.05) is 36.9 Å². The van der Waals surface area contributed by atoms with Gasteiger partial charge in [0, 0.05) is 41.2 Å². The largest absolute Gasteiger partial charge is 0.378 e. The Kier molecular flexibility index (Phi) is 8.17. The number of benzene rings is 3. The Hall–Kier alpha value is -4.83. The van der Waals surface area contributed by atoms with Crippen LogP contribution in [0.2, 0.25) is 0 Å². The second-order valence-corrected chi connectivity index (χ2v) is 11.2. The predicted octanol–water partition coefficient (Wildman–Crippen LogP) is 4.91. The van der Waals surface area contributed by atoms with Crippen LogP contribution in [0, 0.1) is 6.92 Å². The summed E-state index contributed by atoms with van der Waals surface area (Å²) in [5.74, 6) is 0.127. The van der Waals surface area contributed by atoms with Gasteiger partial charge in [0.05, 0.1) is 13.2 Å². The van der Waals surface area contributed by atoms with Crippen LogP contribution in [0.25, 0.3) is 11.4 Å². The van der Waals surface area contributed by atoms with Crippen molar-refractivity contribution in [3.8, 4) is 11.4 Å². The maximum Gasteiger partial charge on any atom is 0.349 e. The molecular formula is C32H34N6O4. The minimum atomic E-state index is -0.575. The third-order valence-electron chi connectivity index (χ3n) is 7.19. The predicted molar refractivity (Wildman–Crippen MR) is 162 cm³/mol. The van der Waals surface area contributed by atoms with Crippen molar-refractivity contribution in [3.05, 3.63) is 99.5 Å². The minimum absolute atomic E-state index is 0.00632. The number of anilines is 3. The fourth-order valence-electron chi connectivity index (χ4n) is 4.69. The first-order valence-electron chi connectivity index (χ1n) is 13.8. The number of nitrogens with zero attached hydrogens (tertiary/aromatic N) is 3. The summed E-state index contributed by atoms with van der Waals surface area (Å²) in [6.45, 7) is 10.4. The normalized spacial score (nSPS) is 13.5. The Bertz CT molecular complexity index is 1650. The maximum atomic E-state index is 13.0. The molecule has 4 aromatic rings. The summed E-state index contributed by atoms with van der Waals surface area (Å²) in [5, 5.41) is 6.02. The van der Waals surface area contributed by atoms with E-state index in [2.05, 4.69) is 46.4 Å². The van der Waals surface area contributed by atoms with E-state index >= 15 is 0 Å². The Labute approximate surface area is 244 Å². The van der Waals surface area contributed by atoms with Gasteiger partial charge >= 0.3 is 5.69 Å². The van der Waals surface area contributed by atoms with Crippen LogP contribution in [0.3, 0.4) is 0 Å². The molecule has 1 fully saturated rings. The number of H-pyrrole nitrogens is 1. The molecule has 1 saturated heterocycles. The molecule has 0 radical (unpaired) electrons. The summed E-state index contributed by atoms with van der Waals surface area (Å²) < 4.78 is 5.32. The molecule has 1 aliphatic heterocycles. The second kappa shape index (κ2) is 12.0. The summed E-state index contributed by atoms with van der Waals surface area (Å²) in [4.78, 5) is 51.1. The highest BCUT2D eigenvalue weighted by Gasteiger charge is 2.19. The molecule has 1 aromatic heterocycles. The average molecular weight is 567 g/mol. The monoisotopic (exact) mass is 566 g/mol. The molecule has 0 bridgehead atoms. The topological polar surface area (TPSA) is 129 Å². The van der Waals surface area contributed by atoms with Crippen LogP contribution in [0.1, 0.15) is 52.6 Å². The lowest BCUT2D eigenvalue weighted by Crippen LogP contribution is -2.40. The summed E-state index contributed by atoms with van der Waals surface area (Å²) >= 11 is 0. The van der Waals surface area contributed by atoms with E-state index in [4.69, 9.17) is 4.74 Å². The van der Waals surface area contributed by atoms with Crippen molar-refractivity contribution < 1.29 is 14.3 Å². The number of carbonyl (C=O) groups excluding carboxylic acids is 2. The van der Waals surface area contributed by atoms with E-state index in [0.717, 1.165) is 11.1 Å². The maximum absolute atomic E-state index is 13.0. The van der Waals surface area contributed by atoms with E-state index < -0.39 is 5.69 Å². The Balaban J connectivity index is 1.32. The molecule has 0 unspecified atom stereocenters. The number of rotatable bonds is 6. The zero-order valence-corrected chi connectivity index (χ0v) is 24.2. The molecule has 10 nitrogen and oxygen atoms in total. The lowest BCUT2D eigenvalue weighted by molar-refractivity contribution is 0.0303. The van der Waals surface area contributed by atoms with Crippen LogP contribution in [0.5, 0.6) is 0 Å². The molecule has 1 aliphatic rings. The fraction of sp³-hybridized carbons (Fsp3) is 0.281. The lowest BCUT2D eigenvalue weighted by Gasteiger charge is -2.26. The molecule has 0 aliphatic carbocycles. The van der Waals surface area contributed by atoms with Gasteiger partial charge in [-0.3, -0.25) is 14.6 Å². The van der Waals surface area contributed by atoms with E-state index in [1.54, 1.807) is 41.3 Å². The number of ether oxygens (including phenoxy) is 1. The van der Waals surface area contributed by atoms with Crippen molar-refractivity contribution in [1.82, 2.24) is 19.9 Å². The van der Waals surface area contributed by atoms with Crippen LogP contribution in [-0.2, 0) is 10.2 Å². The van der Waals surface area contributed by atoms with Crippen molar-refractivity contribution in [2.24, 2.45) is 0 Å². The zero-order valence-electron chi connectivity index (χ0n) is 24.2. The van der Waals surface area contributed by atoms with Gasteiger partial charge in [-0.25, -0.2) is 4.79 Å². The van der Waals surface area contributed by atoms with E-state index in [1.807, 2.05) is 37.3 Å². The fourth-order valence-corrected chi connectivity index (χ4v) is 4.69. The third-order valence-corrected chi connectivity index (χ3v) is 7.19. The van der Waals surface area contributed by atoms with Crippen LogP contribution in [-0.4, -0.2) is 58.0 Å². The van der Waals surface area contributed by atoms with Gasteiger partial charge in [-0.05, 0) is 65.9 Å². The van der Waals surface area contributed by atoms with Gasteiger partial charge in [0.1, 0.15) is 5.82 Å². The highest BCUT2D eigenvalue weighted by Crippen LogP contribution is 2.28. The van der Waals surface area contributed by atoms with Gasteiger partial charge in [0.2, 0.25) is 5.95 Å². The molecule has 2 amide bonds. The smallest absolute Gasteiger partial charge is 0.349 e. The Morgan fingerprint density at radius 2 is 1.57 bits per heavy atom. The number of morpholine rings is 1. The molecule has 42 heavy (non-hydrogen) atoms. The minimum Gasteiger partial charge on any atom is -0.378 e. The van der Waals surface area contributed by atoms with Gasteiger partial charge in [0.25, 0.3) is 11.8 Å².